The highest BCUT2D eigenvalue weighted by molar-refractivity contribution is 5.74. The van der Waals surface area contributed by atoms with E-state index in [0.29, 0.717) is 13.0 Å². The Balaban J connectivity index is 1.71. The topological polar surface area (TPSA) is 72.1 Å². The molecule has 6 nitrogen and oxygen atoms in total. The third-order valence-corrected chi connectivity index (χ3v) is 2.86. The maximum Gasteiger partial charge on any atom is 0.315 e. The summed E-state index contributed by atoms with van der Waals surface area (Å²) in [6, 6.07) is 5.44. The van der Waals surface area contributed by atoms with Crippen molar-refractivity contribution in [3.63, 3.8) is 0 Å². The van der Waals surface area contributed by atoms with E-state index in [1.165, 1.54) is 0 Å². The van der Waals surface area contributed by atoms with Crippen LogP contribution in [0.15, 0.2) is 41.3 Å². The summed E-state index contributed by atoms with van der Waals surface area (Å²) in [5, 5.41) is 9.88. The SMILES string of the molecule is C[C@H](Cc1ccco1)NC(=O)N[C@@H](C)Cn1cccn1. The van der Waals surface area contributed by atoms with Gasteiger partial charge < -0.3 is 15.1 Å². The molecule has 0 aliphatic heterocycles. The summed E-state index contributed by atoms with van der Waals surface area (Å²) in [6.45, 7) is 4.53. The fourth-order valence-electron chi connectivity index (χ4n) is 2.01. The molecule has 0 aliphatic rings. The van der Waals surface area contributed by atoms with Gasteiger partial charge in [-0.05, 0) is 32.0 Å². The number of aromatic nitrogens is 2. The van der Waals surface area contributed by atoms with Gasteiger partial charge in [0, 0.05) is 30.9 Å². The summed E-state index contributed by atoms with van der Waals surface area (Å²) in [5.41, 5.74) is 0. The molecule has 0 aliphatic carbocycles. The van der Waals surface area contributed by atoms with Gasteiger partial charge in [0.05, 0.1) is 12.8 Å². The van der Waals surface area contributed by atoms with Gasteiger partial charge >= 0.3 is 6.03 Å². The number of hydrogen-bond acceptors (Lipinski definition) is 3. The number of amides is 2. The number of nitrogens with one attached hydrogen (secondary N) is 2. The van der Waals surface area contributed by atoms with Crippen LogP contribution in [0.25, 0.3) is 0 Å². The van der Waals surface area contributed by atoms with Crippen molar-refractivity contribution in [2.45, 2.75) is 38.9 Å². The second-order valence-corrected chi connectivity index (χ2v) is 4.93. The Labute approximate surface area is 118 Å². The zero-order valence-corrected chi connectivity index (χ0v) is 11.7. The Morgan fingerprint density at radius 2 is 2.15 bits per heavy atom. The molecule has 2 N–H and O–H groups in total. The molecule has 108 valence electrons. The van der Waals surface area contributed by atoms with Crippen molar-refractivity contribution in [3.8, 4) is 0 Å². The Bertz CT molecular complexity index is 461. The quantitative estimate of drug-likeness (QED) is 0.845. The molecule has 0 radical (unpaired) electrons. The van der Waals surface area contributed by atoms with Crippen LogP contribution in [0.3, 0.4) is 0 Å². The fraction of sp³-hybridized carbons (Fsp3) is 0.429. The summed E-state index contributed by atoms with van der Waals surface area (Å²) in [6.07, 6.45) is 5.90. The highest BCUT2D eigenvalue weighted by Crippen LogP contribution is 2.03. The van der Waals surface area contributed by atoms with E-state index in [4.69, 9.17) is 4.42 Å². The Morgan fingerprint density at radius 1 is 1.35 bits per heavy atom. The van der Waals surface area contributed by atoms with E-state index in [1.54, 1.807) is 17.1 Å². The number of urea groups is 1. The Kier molecular flexibility index (Phi) is 4.81. The van der Waals surface area contributed by atoms with E-state index in [-0.39, 0.29) is 18.1 Å². The number of furan rings is 1. The van der Waals surface area contributed by atoms with Crippen LogP contribution in [0.5, 0.6) is 0 Å². The van der Waals surface area contributed by atoms with Gasteiger partial charge in [0.25, 0.3) is 0 Å². The summed E-state index contributed by atoms with van der Waals surface area (Å²) >= 11 is 0. The van der Waals surface area contributed by atoms with Crippen LogP contribution in [-0.4, -0.2) is 27.9 Å². The van der Waals surface area contributed by atoms with E-state index >= 15 is 0 Å². The number of rotatable bonds is 6. The fourth-order valence-corrected chi connectivity index (χ4v) is 2.01. The van der Waals surface area contributed by atoms with Gasteiger partial charge in [0.2, 0.25) is 0 Å². The molecule has 2 heterocycles. The monoisotopic (exact) mass is 276 g/mol. The molecule has 0 aromatic carbocycles. The first-order valence-corrected chi connectivity index (χ1v) is 6.70. The molecule has 0 fully saturated rings. The van der Waals surface area contributed by atoms with Gasteiger partial charge in [0.15, 0.2) is 0 Å². The van der Waals surface area contributed by atoms with Crippen LogP contribution in [0.4, 0.5) is 4.79 Å². The first kappa shape index (κ1) is 14.2. The highest BCUT2D eigenvalue weighted by Gasteiger charge is 2.12. The predicted octanol–water partition coefficient (Wildman–Crippen LogP) is 1.79. The standard InChI is InChI=1S/C14H20N4O2/c1-11(9-13-5-3-8-20-13)16-14(19)17-12(2)10-18-7-4-6-15-18/h3-8,11-12H,9-10H2,1-2H3,(H2,16,17,19)/t11-,12+/m1/s1. The zero-order chi connectivity index (χ0) is 14.4. The van der Waals surface area contributed by atoms with Crippen LogP contribution >= 0.6 is 0 Å². The molecule has 0 spiro atoms. The van der Waals surface area contributed by atoms with Crippen molar-refractivity contribution >= 4 is 6.03 Å². The van der Waals surface area contributed by atoms with Gasteiger partial charge in [-0.2, -0.15) is 5.10 Å². The molecule has 2 aromatic rings. The molecule has 0 unspecified atom stereocenters. The third kappa shape index (κ3) is 4.46. The maximum absolute atomic E-state index is 11.8. The van der Waals surface area contributed by atoms with E-state index in [1.807, 2.05) is 38.2 Å². The molecule has 2 atom stereocenters. The minimum atomic E-state index is -0.177. The minimum absolute atomic E-state index is 0.00529. The predicted molar refractivity (Wildman–Crippen MR) is 75.2 cm³/mol. The largest absolute Gasteiger partial charge is 0.469 e. The molecule has 2 amide bonds. The van der Waals surface area contributed by atoms with Gasteiger partial charge in [-0.15, -0.1) is 0 Å². The van der Waals surface area contributed by atoms with Crippen LogP contribution in [0, 0.1) is 0 Å². The molecule has 2 rings (SSSR count). The Morgan fingerprint density at radius 3 is 2.80 bits per heavy atom. The first-order chi connectivity index (χ1) is 9.63. The highest BCUT2D eigenvalue weighted by atomic mass is 16.3. The normalized spacial score (nSPS) is 13.7. The van der Waals surface area contributed by atoms with Gasteiger partial charge in [0.1, 0.15) is 5.76 Å². The maximum atomic E-state index is 11.8. The lowest BCUT2D eigenvalue weighted by Gasteiger charge is -2.17. The first-order valence-electron chi connectivity index (χ1n) is 6.70. The number of carbonyl (C=O) groups is 1. The van der Waals surface area contributed by atoms with Crippen molar-refractivity contribution in [1.82, 2.24) is 20.4 Å². The van der Waals surface area contributed by atoms with Gasteiger partial charge in [-0.3, -0.25) is 4.68 Å². The second kappa shape index (κ2) is 6.79. The number of carbonyl (C=O) groups excluding carboxylic acids is 1. The minimum Gasteiger partial charge on any atom is -0.469 e. The molecular weight excluding hydrogens is 256 g/mol. The van der Waals surface area contributed by atoms with Gasteiger partial charge in [-0.1, -0.05) is 0 Å². The lowest BCUT2D eigenvalue weighted by molar-refractivity contribution is 0.232. The lowest BCUT2D eigenvalue weighted by atomic mass is 10.2. The molecule has 2 aromatic heterocycles. The van der Waals surface area contributed by atoms with Crippen LogP contribution in [0.2, 0.25) is 0 Å². The van der Waals surface area contributed by atoms with E-state index in [2.05, 4.69) is 15.7 Å². The Hall–Kier alpha value is -2.24. The summed E-state index contributed by atoms with van der Waals surface area (Å²) < 4.78 is 7.04. The van der Waals surface area contributed by atoms with Crippen molar-refractivity contribution in [2.75, 3.05) is 0 Å². The van der Waals surface area contributed by atoms with Crippen molar-refractivity contribution in [2.24, 2.45) is 0 Å². The number of hydrogen-bond donors (Lipinski definition) is 2. The summed E-state index contributed by atoms with van der Waals surface area (Å²) in [7, 11) is 0. The van der Waals surface area contributed by atoms with Crippen LogP contribution in [-0.2, 0) is 13.0 Å². The van der Waals surface area contributed by atoms with Crippen molar-refractivity contribution in [3.05, 3.63) is 42.6 Å². The second-order valence-electron chi connectivity index (χ2n) is 4.93. The summed E-state index contributed by atoms with van der Waals surface area (Å²) in [5.74, 6) is 0.863. The van der Waals surface area contributed by atoms with Crippen molar-refractivity contribution < 1.29 is 9.21 Å². The zero-order valence-electron chi connectivity index (χ0n) is 11.7. The molecule has 20 heavy (non-hydrogen) atoms. The van der Waals surface area contributed by atoms with Gasteiger partial charge in [-0.25, -0.2) is 4.79 Å². The van der Waals surface area contributed by atoms with Crippen molar-refractivity contribution in [1.29, 1.82) is 0 Å². The molecule has 6 heteroatoms. The molecule has 0 bridgehead atoms. The number of nitrogens with zero attached hydrogens (tertiary/aromatic N) is 2. The van der Waals surface area contributed by atoms with E-state index < -0.39 is 0 Å². The lowest BCUT2D eigenvalue weighted by Crippen LogP contribution is -2.46. The smallest absolute Gasteiger partial charge is 0.315 e. The van der Waals surface area contributed by atoms with E-state index in [9.17, 15) is 4.79 Å². The van der Waals surface area contributed by atoms with E-state index in [0.717, 1.165) is 5.76 Å². The molecular formula is C14H20N4O2. The average Bonchev–Trinajstić information content (AvgIpc) is 3.01. The average molecular weight is 276 g/mol. The summed E-state index contributed by atoms with van der Waals surface area (Å²) in [4.78, 5) is 11.8. The molecule has 0 saturated heterocycles. The van der Waals surface area contributed by atoms with Crippen LogP contribution < -0.4 is 10.6 Å². The molecule has 0 saturated carbocycles. The van der Waals surface area contributed by atoms with Crippen LogP contribution in [0.1, 0.15) is 19.6 Å². The third-order valence-electron chi connectivity index (χ3n) is 2.86.